The molecule has 2 rings (SSSR count). The van der Waals surface area contributed by atoms with Gasteiger partial charge in [0.1, 0.15) is 5.52 Å². The zero-order chi connectivity index (χ0) is 9.42. The van der Waals surface area contributed by atoms with Crippen LogP contribution in [0.25, 0.3) is 11.1 Å². The van der Waals surface area contributed by atoms with Gasteiger partial charge in [-0.05, 0) is 18.2 Å². The van der Waals surface area contributed by atoms with Gasteiger partial charge in [0.25, 0.3) is 4.80 Å². The minimum atomic E-state index is -0.977. The SMILES string of the molecule is O=C(O)c1ccc2nc(Br)oc2c1. The summed E-state index contributed by atoms with van der Waals surface area (Å²) >= 11 is 3.06. The summed E-state index contributed by atoms with van der Waals surface area (Å²) in [6.07, 6.45) is 0. The van der Waals surface area contributed by atoms with Crippen molar-refractivity contribution in [3.63, 3.8) is 0 Å². The first-order valence-electron chi connectivity index (χ1n) is 3.46. The highest BCUT2D eigenvalue weighted by molar-refractivity contribution is 9.10. The predicted octanol–water partition coefficient (Wildman–Crippen LogP) is 2.29. The Morgan fingerprint density at radius 1 is 1.54 bits per heavy atom. The van der Waals surface area contributed by atoms with Crippen molar-refractivity contribution in [1.29, 1.82) is 0 Å². The summed E-state index contributed by atoms with van der Waals surface area (Å²) < 4.78 is 5.10. The van der Waals surface area contributed by atoms with Gasteiger partial charge in [-0.2, -0.15) is 0 Å². The number of aromatic carboxylic acids is 1. The Balaban J connectivity index is 2.67. The number of fused-ring (bicyclic) bond motifs is 1. The van der Waals surface area contributed by atoms with Gasteiger partial charge >= 0.3 is 5.97 Å². The zero-order valence-corrected chi connectivity index (χ0v) is 7.91. The molecule has 0 bridgehead atoms. The van der Waals surface area contributed by atoms with Crippen LogP contribution in [0.2, 0.25) is 0 Å². The first-order valence-corrected chi connectivity index (χ1v) is 4.25. The maximum Gasteiger partial charge on any atom is 0.335 e. The molecule has 0 saturated carbocycles. The minimum Gasteiger partial charge on any atom is -0.478 e. The second-order valence-corrected chi connectivity index (χ2v) is 3.13. The maximum absolute atomic E-state index is 10.6. The van der Waals surface area contributed by atoms with E-state index in [1.807, 2.05) is 0 Å². The first-order chi connectivity index (χ1) is 6.16. The number of halogens is 1. The molecule has 0 aliphatic carbocycles. The van der Waals surface area contributed by atoms with Crippen molar-refractivity contribution >= 4 is 33.0 Å². The van der Waals surface area contributed by atoms with Gasteiger partial charge in [0.2, 0.25) is 0 Å². The molecule has 0 fully saturated rings. The van der Waals surface area contributed by atoms with Crippen molar-refractivity contribution < 1.29 is 14.3 Å². The number of carboxylic acids is 1. The Labute approximate surface area is 81.3 Å². The number of hydrogen-bond donors (Lipinski definition) is 1. The number of oxazole rings is 1. The van der Waals surface area contributed by atoms with E-state index in [1.54, 1.807) is 6.07 Å². The molecule has 1 aromatic heterocycles. The highest BCUT2D eigenvalue weighted by Gasteiger charge is 2.07. The standard InChI is InChI=1S/C8H4BrNO3/c9-8-10-5-2-1-4(7(11)12)3-6(5)13-8/h1-3H,(H,11,12). The molecule has 13 heavy (non-hydrogen) atoms. The van der Waals surface area contributed by atoms with Gasteiger partial charge in [-0.25, -0.2) is 9.78 Å². The fraction of sp³-hybridized carbons (Fsp3) is 0. The van der Waals surface area contributed by atoms with Crippen LogP contribution in [0.3, 0.4) is 0 Å². The van der Waals surface area contributed by atoms with Gasteiger partial charge in [0.05, 0.1) is 5.56 Å². The molecule has 66 valence electrons. The summed E-state index contributed by atoms with van der Waals surface area (Å²) in [4.78, 5) is 14.9. The van der Waals surface area contributed by atoms with Crippen LogP contribution < -0.4 is 0 Å². The fourth-order valence-electron chi connectivity index (χ4n) is 1.03. The van der Waals surface area contributed by atoms with E-state index < -0.39 is 5.97 Å². The van der Waals surface area contributed by atoms with Crippen LogP contribution in [0.15, 0.2) is 27.4 Å². The summed E-state index contributed by atoms with van der Waals surface area (Å²) in [6.45, 7) is 0. The molecule has 1 N–H and O–H groups in total. The lowest BCUT2D eigenvalue weighted by Crippen LogP contribution is -1.94. The number of carboxylic acid groups (broad SMARTS) is 1. The maximum atomic E-state index is 10.6. The number of hydrogen-bond acceptors (Lipinski definition) is 3. The monoisotopic (exact) mass is 241 g/mol. The summed E-state index contributed by atoms with van der Waals surface area (Å²) in [5, 5.41) is 8.68. The van der Waals surface area contributed by atoms with E-state index in [9.17, 15) is 4.79 Å². The van der Waals surface area contributed by atoms with Gasteiger partial charge in [0.15, 0.2) is 5.58 Å². The Kier molecular flexibility index (Phi) is 1.81. The highest BCUT2D eigenvalue weighted by Crippen LogP contribution is 2.20. The molecular weight excluding hydrogens is 238 g/mol. The minimum absolute atomic E-state index is 0.191. The number of benzene rings is 1. The van der Waals surface area contributed by atoms with Crippen molar-refractivity contribution in [2.24, 2.45) is 0 Å². The van der Waals surface area contributed by atoms with Crippen LogP contribution in [0.5, 0.6) is 0 Å². The molecule has 0 radical (unpaired) electrons. The normalized spacial score (nSPS) is 10.5. The fourth-order valence-corrected chi connectivity index (χ4v) is 1.39. The van der Waals surface area contributed by atoms with Gasteiger partial charge in [-0.15, -0.1) is 0 Å². The lowest BCUT2D eigenvalue weighted by atomic mass is 10.2. The van der Waals surface area contributed by atoms with Crippen molar-refractivity contribution in [2.45, 2.75) is 0 Å². The van der Waals surface area contributed by atoms with Gasteiger partial charge in [-0.1, -0.05) is 0 Å². The van der Waals surface area contributed by atoms with E-state index in [4.69, 9.17) is 9.52 Å². The average Bonchev–Trinajstić information content (AvgIpc) is 2.42. The van der Waals surface area contributed by atoms with E-state index >= 15 is 0 Å². The number of nitrogens with zero attached hydrogens (tertiary/aromatic N) is 1. The molecule has 4 nitrogen and oxygen atoms in total. The molecule has 0 unspecified atom stereocenters. The molecule has 2 aromatic rings. The van der Waals surface area contributed by atoms with Crippen LogP contribution in [-0.2, 0) is 0 Å². The first kappa shape index (κ1) is 8.25. The molecule has 0 saturated heterocycles. The van der Waals surface area contributed by atoms with E-state index in [2.05, 4.69) is 20.9 Å². The highest BCUT2D eigenvalue weighted by atomic mass is 79.9. The third kappa shape index (κ3) is 1.42. The summed E-state index contributed by atoms with van der Waals surface area (Å²) in [5.74, 6) is -0.977. The Morgan fingerprint density at radius 2 is 2.31 bits per heavy atom. The molecule has 1 heterocycles. The third-order valence-electron chi connectivity index (χ3n) is 1.61. The van der Waals surface area contributed by atoms with E-state index in [0.717, 1.165) is 0 Å². The summed E-state index contributed by atoms with van der Waals surface area (Å²) in [6, 6.07) is 4.53. The largest absolute Gasteiger partial charge is 0.478 e. The van der Waals surface area contributed by atoms with Gasteiger partial charge < -0.3 is 9.52 Å². The second kappa shape index (κ2) is 2.85. The summed E-state index contributed by atoms with van der Waals surface area (Å²) in [7, 11) is 0. The van der Waals surface area contributed by atoms with E-state index in [-0.39, 0.29) is 5.56 Å². The van der Waals surface area contributed by atoms with Crippen LogP contribution in [-0.4, -0.2) is 16.1 Å². The Bertz CT molecular complexity index is 477. The number of carbonyl (C=O) groups is 1. The van der Waals surface area contributed by atoms with E-state index in [0.29, 0.717) is 15.9 Å². The average molecular weight is 242 g/mol. The van der Waals surface area contributed by atoms with Crippen molar-refractivity contribution in [3.05, 3.63) is 28.6 Å². The molecule has 0 spiro atoms. The number of aromatic nitrogens is 1. The third-order valence-corrected chi connectivity index (χ3v) is 1.95. The van der Waals surface area contributed by atoms with Crippen LogP contribution >= 0.6 is 15.9 Å². The Morgan fingerprint density at radius 3 is 3.00 bits per heavy atom. The second-order valence-electron chi connectivity index (χ2n) is 2.45. The van der Waals surface area contributed by atoms with Crippen molar-refractivity contribution in [1.82, 2.24) is 4.98 Å². The molecule has 1 aromatic carbocycles. The Hall–Kier alpha value is -1.36. The molecule has 0 amide bonds. The van der Waals surface area contributed by atoms with Crippen LogP contribution in [0.4, 0.5) is 0 Å². The van der Waals surface area contributed by atoms with Crippen LogP contribution in [0.1, 0.15) is 10.4 Å². The molecule has 0 atom stereocenters. The topological polar surface area (TPSA) is 63.3 Å². The lowest BCUT2D eigenvalue weighted by Gasteiger charge is -1.91. The zero-order valence-electron chi connectivity index (χ0n) is 6.32. The molecule has 5 heteroatoms. The smallest absolute Gasteiger partial charge is 0.335 e. The molecular formula is C8H4BrNO3. The molecule has 0 aliphatic rings. The lowest BCUT2D eigenvalue weighted by molar-refractivity contribution is 0.0697. The van der Waals surface area contributed by atoms with Gasteiger partial charge in [-0.3, -0.25) is 0 Å². The summed E-state index contributed by atoms with van der Waals surface area (Å²) in [5.41, 5.74) is 1.29. The predicted molar refractivity (Wildman–Crippen MR) is 48.7 cm³/mol. The van der Waals surface area contributed by atoms with Crippen molar-refractivity contribution in [2.75, 3.05) is 0 Å². The van der Waals surface area contributed by atoms with Crippen LogP contribution in [0, 0.1) is 0 Å². The molecule has 0 aliphatic heterocycles. The van der Waals surface area contributed by atoms with Crippen molar-refractivity contribution in [3.8, 4) is 0 Å². The number of rotatable bonds is 1. The quantitative estimate of drug-likeness (QED) is 0.833. The van der Waals surface area contributed by atoms with E-state index in [1.165, 1.54) is 12.1 Å². The van der Waals surface area contributed by atoms with Gasteiger partial charge in [0, 0.05) is 15.9 Å².